The Bertz CT molecular complexity index is 934. The van der Waals surface area contributed by atoms with Crippen LogP contribution in [0, 0.1) is 11.6 Å². The summed E-state index contributed by atoms with van der Waals surface area (Å²) < 4.78 is 52.5. The van der Waals surface area contributed by atoms with Crippen molar-refractivity contribution in [1.29, 1.82) is 0 Å². The standard InChI is InChI=1S/C21H20F4N2O3/c1-2-4-19(29)27(16-6-3-5-15(22)10-16)12-14-8-7-13(9-17(14)23)18(28)11-26-21(30)20(24)25/h3,5-10,20H,2,4,11-12H2,1H3,(H,26,30). The molecule has 0 saturated carbocycles. The first-order chi connectivity index (χ1) is 14.2. The number of hydrogen-bond donors (Lipinski definition) is 1. The first kappa shape index (κ1) is 23.1. The van der Waals surface area contributed by atoms with Crippen LogP contribution in [0.25, 0.3) is 0 Å². The van der Waals surface area contributed by atoms with Crippen molar-refractivity contribution >= 4 is 23.3 Å². The molecular weight excluding hydrogens is 404 g/mol. The maximum absolute atomic E-state index is 14.6. The molecule has 0 aliphatic rings. The molecule has 0 unspecified atom stereocenters. The van der Waals surface area contributed by atoms with Gasteiger partial charge in [-0.05, 0) is 30.7 Å². The molecule has 160 valence electrons. The number of carbonyl (C=O) groups excluding carboxylic acids is 3. The van der Waals surface area contributed by atoms with Crippen molar-refractivity contribution in [3.63, 3.8) is 0 Å². The van der Waals surface area contributed by atoms with E-state index in [-0.39, 0.29) is 35.7 Å². The summed E-state index contributed by atoms with van der Waals surface area (Å²) in [5.41, 5.74) is 0.225. The zero-order valence-corrected chi connectivity index (χ0v) is 16.1. The number of rotatable bonds is 9. The van der Waals surface area contributed by atoms with Gasteiger partial charge in [-0.25, -0.2) is 8.78 Å². The third-order valence-corrected chi connectivity index (χ3v) is 4.21. The average molecular weight is 424 g/mol. The molecule has 30 heavy (non-hydrogen) atoms. The van der Waals surface area contributed by atoms with E-state index >= 15 is 0 Å². The van der Waals surface area contributed by atoms with Crippen molar-refractivity contribution in [2.45, 2.75) is 32.7 Å². The Morgan fingerprint density at radius 2 is 1.80 bits per heavy atom. The van der Waals surface area contributed by atoms with E-state index in [4.69, 9.17) is 0 Å². The fourth-order valence-electron chi connectivity index (χ4n) is 2.68. The van der Waals surface area contributed by atoms with Crippen LogP contribution in [0.1, 0.15) is 35.7 Å². The number of amides is 2. The first-order valence-corrected chi connectivity index (χ1v) is 9.16. The van der Waals surface area contributed by atoms with Gasteiger partial charge in [0, 0.05) is 23.2 Å². The fraction of sp³-hybridized carbons (Fsp3) is 0.286. The Kier molecular flexibility index (Phi) is 8.08. The lowest BCUT2D eigenvalue weighted by Crippen LogP contribution is -2.34. The van der Waals surface area contributed by atoms with Crippen LogP contribution in [0.2, 0.25) is 0 Å². The second kappa shape index (κ2) is 10.5. The highest BCUT2D eigenvalue weighted by Gasteiger charge is 2.20. The predicted octanol–water partition coefficient (Wildman–Crippen LogP) is 3.86. The lowest BCUT2D eigenvalue weighted by atomic mass is 10.1. The molecule has 0 aromatic heterocycles. The van der Waals surface area contributed by atoms with Crippen molar-refractivity contribution in [2.24, 2.45) is 0 Å². The summed E-state index contributed by atoms with van der Waals surface area (Å²) in [5, 5.41) is 1.75. The van der Waals surface area contributed by atoms with E-state index in [0.29, 0.717) is 6.42 Å². The Labute approximate surface area is 170 Å². The van der Waals surface area contributed by atoms with Crippen LogP contribution in [-0.2, 0) is 16.1 Å². The number of nitrogens with one attached hydrogen (secondary N) is 1. The molecule has 0 spiro atoms. The van der Waals surface area contributed by atoms with Gasteiger partial charge >= 0.3 is 6.43 Å². The minimum atomic E-state index is -3.26. The Morgan fingerprint density at radius 3 is 2.40 bits per heavy atom. The second-order valence-corrected chi connectivity index (χ2v) is 6.46. The molecule has 2 aromatic carbocycles. The summed E-state index contributed by atoms with van der Waals surface area (Å²) in [5.74, 6) is -4.02. The normalized spacial score (nSPS) is 10.7. The van der Waals surface area contributed by atoms with Crippen molar-refractivity contribution in [2.75, 3.05) is 11.4 Å². The number of Topliss-reactive ketones (excluding diaryl/α,β-unsaturated/α-hetero) is 1. The number of halogens is 4. The van der Waals surface area contributed by atoms with E-state index in [1.165, 1.54) is 35.2 Å². The summed E-state index contributed by atoms with van der Waals surface area (Å²) in [6, 6.07) is 8.79. The smallest absolute Gasteiger partial charge is 0.315 e. The third kappa shape index (κ3) is 6.13. The van der Waals surface area contributed by atoms with E-state index < -0.39 is 36.3 Å². The maximum Gasteiger partial charge on any atom is 0.315 e. The molecule has 2 aromatic rings. The van der Waals surface area contributed by atoms with E-state index in [1.807, 2.05) is 0 Å². The van der Waals surface area contributed by atoms with Gasteiger partial charge in [0.25, 0.3) is 5.91 Å². The zero-order valence-electron chi connectivity index (χ0n) is 16.1. The largest absolute Gasteiger partial charge is 0.344 e. The van der Waals surface area contributed by atoms with Gasteiger partial charge in [-0.1, -0.05) is 25.1 Å². The number of hydrogen-bond acceptors (Lipinski definition) is 3. The monoisotopic (exact) mass is 424 g/mol. The molecule has 0 atom stereocenters. The van der Waals surface area contributed by atoms with Gasteiger partial charge in [-0.2, -0.15) is 8.78 Å². The first-order valence-electron chi connectivity index (χ1n) is 9.16. The lowest BCUT2D eigenvalue weighted by Gasteiger charge is -2.23. The summed E-state index contributed by atoms with van der Waals surface area (Å²) in [6.45, 7) is 0.909. The van der Waals surface area contributed by atoms with E-state index in [0.717, 1.165) is 12.1 Å². The number of nitrogens with zero attached hydrogens (tertiary/aromatic N) is 1. The summed E-state index contributed by atoms with van der Waals surface area (Å²) in [4.78, 5) is 36.5. The Balaban J connectivity index is 2.20. The van der Waals surface area contributed by atoms with Crippen molar-refractivity contribution in [3.8, 4) is 0 Å². The van der Waals surface area contributed by atoms with Crippen LogP contribution in [0.4, 0.5) is 23.2 Å². The highest BCUT2D eigenvalue weighted by Crippen LogP contribution is 2.22. The number of ketones is 1. The molecule has 0 aliphatic heterocycles. The van der Waals surface area contributed by atoms with Gasteiger partial charge in [0.05, 0.1) is 13.1 Å². The Morgan fingerprint density at radius 1 is 1.07 bits per heavy atom. The molecule has 9 heteroatoms. The van der Waals surface area contributed by atoms with Gasteiger partial charge in [-0.15, -0.1) is 0 Å². The zero-order chi connectivity index (χ0) is 22.3. The fourth-order valence-corrected chi connectivity index (χ4v) is 2.68. The topological polar surface area (TPSA) is 66.5 Å². The summed E-state index contributed by atoms with van der Waals surface area (Å²) in [7, 11) is 0. The lowest BCUT2D eigenvalue weighted by molar-refractivity contribution is -0.131. The minimum absolute atomic E-state index is 0.0804. The number of benzene rings is 2. The van der Waals surface area contributed by atoms with Gasteiger partial charge < -0.3 is 10.2 Å². The molecule has 5 nitrogen and oxygen atoms in total. The van der Waals surface area contributed by atoms with Crippen LogP contribution >= 0.6 is 0 Å². The summed E-state index contributed by atoms with van der Waals surface area (Å²) in [6.07, 6.45) is -2.53. The molecule has 0 heterocycles. The highest BCUT2D eigenvalue weighted by molar-refractivity contribution is 5.99. The second-order valence-electron chi connectivity index (χ2n) is 6.46. The van der Waals surface area contributed by atoms with Crippen molar-refractivity contribution < 1.29 is 31.9 Å². The average Bonchev–Trinajstić information content (AvgIpc) is 2.70. The molecule has 1 N–H and O–H groups in total. The van der Waals surface area contributed by atoms with Crippen LogP contribution in [0.3, 0.4) is 0 Å². The number of alkyl halides is 2. The van der Waals surface area contributed by atoms with Crippen LogP contribution in [-0.4, -0.2) is 30.6 Å². The summed E-state index contributed by atoms with van der Waals surface area (Å²) >= 11 is 0. The van der Waals surface area contributed by atoms with Crippen LogP contribution in [0.15, 0.2) is 42.5 Å². The third-order valence-electron chi connectivity index (χ3n) is 4.21. The van der Waals surface area contributed by atoms with E-state index in [1.54, 1.807) is 12.2 Å². The van der Waals surface area contributed by atoms with E-state index in [9.17, 15) is 31.9 Å². The SMILES string of the molecule is CCCC(=O)N(Cc1ccc(C(=O)CNC(=O)C(F)F)cc1F)c1cccc(F)c1. The molecule has 0 aliphatic carbocycles. The molecule has 0 bridgehead atoms. The molecule has 0 saturated heterocycles. The van der Waals surface area contributed by atoms with Gasteiger partial charge in [-0.3, -0.25) is 14.4 Å². The number of anilines is 1. The minimum Gasteiger partial charge on any atom is -0.344 e. The molecular formula is C21H20F4N2O3. The van der Waals surface area contributed by atoms with Crippen molar-refractivity contribution in [3.05, 3.63) is 65.2 Å². The molecule has 2 amide bonds. The molecule has 0 fully saturated rings. The van der Waals surface area contributed by atoms with Gasteiger partial charge in [0.2, 0.25) is 5.91 Å². The van der Waals surface area contributed by atoms with E-state index in [2.05, 4.69) is 0 Å². The quantitative estimate of drug-likeness (QED) is 0.491. The van der Waals surface area contributed by atoms with Gasteiger partial charge in [0.1, 0.15) is 11.6 Å². The maximum atomic E-state index is 14.6. The molecule has 0 radical (unpaired) electrons. The highest BCUT2D eigenvalue weighted by atomic mass is 19.3. The predicted molar refractivity (Wildman–Crippen MR) is 102 cm³/mol. The van der Waals surface area contributed by atoms with Crippen LogP contribution < -0.4 is 10.2 Å². The number of carbonyl (C=O) groups is 3. The Hall–Kier alpha value is -3.23. The van der Waals surface area contributed by atoms with Gasteiger partial charge in [0.15, 0.2) is 5.78 Å². The van der Waals surface area contributed by atoms with Crippen LogP contribution in [0.5, 0.6) is 0 Å². The van der Waals surface area contributed by atoms with Crippen molar-refractivity contribution in [1.82, 2.24) is 5.32 Å². The molecule has 2 rings (SSSR count).